The second kappa shape index (κ2) is 9.02. The van der Waals surface area contributed by atoms with Gasteiger partial charge in [0.1, 0.15) is 0 Å². The van der Waals surface area contributed by atoms with E-state index in [0.717, 1.165) is 6.42 Å². The van der Waals surface area contributed by atoms with Crippen LogP contribution in [0.1, 0.15) is 44.5 Å². The monoisotopic (exact) mass is 322 g/mol. The number of carbonyl (C=O) groups is 2. The Morgan fingerprint density at radius 2 is 1.78 bits per heavy atom. The van der Waals surface area contributed by atoms with Gasteiger partial charge in [-0.15, -0.1) is 0 Å². The van der Waals surface area contributed by atoms with Crippen molar-refractivity contribution in [2.45, 2.75) is 34.1 Å². The van der Waals surface area contributed by atoms with Crippen LogP contribution in [0.25, 0.3) is 0 Å². The Balaban J connectivity index is 2.70. The Labute approximate surface area is 137 Å². The lowest BCUT2D eigenvalue weighted by Crippen LogP contribution is -2.43. The highest BCUT2D eigenvalue weighted by Gasteiger charge is 2.13. The van der Waals surface area contributed by atoms with Gasteiger partial charge >= 0.3 is 0 Å². The highest BCUT2D eigenvalue weighted by atomic mass is 16.5. The Kier molecular flexibility index (Phi) is 7.38. The SMILES string of the molecule is COc1cc(C(=O)NNC(=O)C(C)C)ccc1OCCC(C)C. The molecule has 23 heavy (non-hydrogen) atoms. The van der Waals surface area contributed by atoms with Crippen LogP contribution in [0.15, 0.2) is 18.2 Å². The van der Waals surface area contributed by atoms with Crippen molar-refractivity contribution < 1.29 is 19.1 Å². The van der Waals surface area contributed by atoms with Crippen LogP contribution in [0, 0.1) is 11.8 Å². The van der Waals surface area contributed by atoms with Crippen LogP contribution in [-0.4, -0.2) is 25.5 Å². The normalized spacial score (nSPS) is 10.6. The summed E-state index contributed by atoms with van der Waals surface area (Å²) in [5, 5.41) is 0. The molecule has 1 rings (SSSR count). The summed E-state index contributed by atoms with van der Waals surface area (Å²) in [5.74, 6) is 0.759. The number of ether oxygens (including phenoxy) is 2. The molecule has 0 radical (unpaired) electrons. The fourth-order valence-electron chi connectivity index (χ4n) is 1.67. The highest BCUT2D eigenvalue weighted by molar-refractivity contribution is 5.96. The maximum Gasteiger partial charge on any atom is 0.269 e. The number of carbonyl (C=O) groups excluding carboxylic acids is 2. The fraction of sp³-hybridized carbons (Fsp3) is 0.529. The third-order valence-electron chi connectivity index (χ3n) is 3.20. The van der Waals surface area contributed by atoms with Crippen LogP contribution in [0.5, 0.6) is 11.5 Å². The van der Waals surface area contributed by atoms with Crippen molar-refractivity contribution in [1.29, 1.82) is 0 Å². The van der Waals surface area contributed by atoms with Gasteiger partial charge < -0.3 is 9.47 Å². The Hall–Kier alpha value is -2.24. The minimum Gasteiger partial charge on any atom is -0.493 e. The summed E-state index contributed by atoms with van der Waals surface area (Å²) >= 11 is 0. The molecule has 128 valence electrons. The van der Waals surface area contributed by atoms with Crippen molar-refractivity contribution in [1.82, 2.24) is 10.9 Å². The van der Waals surface area contributed by atoms with Crippen LogP contribution in [0.4, 0.5) is 0 Å². The predicted molar refractivity (Wildman–Crippen MR) is 88.4 cm³/mol. The lowest BCUT2D eigenvalue weighted by molar-refractivity contribution is -0.124. The van der Waals surface area contributed by atoms with Crippen LogP contribution < -0.4 is 20.3 Å². The zero-order valence-corrected chi connectivity index (χ0v) is 14.4. The topological polar surface area (TPSA) is 76.7 Å². The average molecular weight is 322 g/mol. The highest BCUT2D eigenvalue weighted by Crippen LogP contribution is 2.28. The summed E-state index contributed by atoms with van der Waals surface area (Å²) in [5.41, 5.74) is 5.12. The molecule has 0 spiro atoms. The van der Waals surface area contributed by atoms with E-state index in [1.54, 1.807) is 32.0 Å². The molecule has 0 saturated heterocycles. The van der Waals surface area contributed by atoms with Crippen molar-refractivity contribution >= 4 is 11.8 Å². The van der Waals surface area contributed by atoms with E-state index in [1.807, 2.05) is 0 Å². The number of benzene rings is 1. The second-order valence-electron chi connectivity index (χ2n) is 5.99. The lowest BCUT2D eigenvalue weighted by atomic mass is 10.1. The first-order valence-corrected chi connectivity index (χ1v) is 7.76. The maximum absolute atomic E-state index is 12.0. The first kappa shape index (κ1) is 18.8. The standard InChI is InChI=1S/C17H26N2O4/c1-11(2)8-9-23-14-7-6-13(10-15(14)22-5)17(21)19-18-16(20)12(3)4/h6-7,10-12H,8-9H2,1-5H3,(H,18,20)(H,19,21). The van der Waals surface area contributed by atoms with E-state index in [1.165, 1.54) is 7.11 Å². The molecule has 0 aliphatic carbocycles. The van der Waals surface area contributed by atoms with E-state index < -0.39 is 5.91 Å². The maximum atomic E-state index is 12.0. The van der Waals surface area contributed by atoms with Gasteiger partial charge in [-0.05, 0) is 30.5 Å². The molecule has 0 saturated carbocycles. The molecule has 0 aliphatic rings. The van der Waals surface area contributed by atoms with Crippen LogP contribution in [0.3, 0.4) is 0 Å². The molecule has 0 unspecified atom stereocenters. The van der Waals surface area contributed by atoms with Gasteiger partial charge in [0, 0.05) is 11.5 Å². The molecule has 1 aromatic rings. The van der Waals surface area contributed by atoms with Crippen molar-refractivity contribution in [3.8, 4) is 11.5 Å². The van der Waals surface area contributed by atoms with Gasteiger partial charge in [0.2, 0.25) is 5.91 Å². The summed E-state index contributed by atoms with van der Waals surface area (Å²) in [6.45, 7) is 8.32. The molecular formula is C17H26N2O4. The molecule has 0 fully saturated rings. The Morgan fingerprint density at radius 1 is 1.09 bits per heavy atom. The quantitative estimate of drug-likeness (QED) is 0.756. The van der Waals surface area contributed by atoms with Crippen LogP contribution >= 0.6 is 0 Å². The van der Waals surface area contributed by atoms with Gasteiger partial charge in [0.05, 0.1) is 13.7 Å². The van der Waals surface area contributed by atoms with Gasteiger partial charge in [-0.2, -0.15) is 0 Å². The van der Waals surface area contributed by atoms with E-state index in [9.17, 15) is 9.59 Å². The van der Waals surface area contributed by atoms with Crippen molar-refractivity contribution in [3.63, 3.8) is 0 Å². The first-order chi connectivity index (χ1) is 10.8. The Morgan fingerprint density at radius 3 is 2.35 bits per heavy atom. The van der Waals surface area contributed by atoms with Crippen molar-refractivity contribution in [2.75, 3.05) is 13.7 Å². The molecule has 2 amide bonds. The van der Waals surface area contributed by atoms with Crippen LogP contribution in [0.2, 0.25) is 0 Å². The summed E-state index contributed by atoms with van der Waals surface area (Å²) in [4.78, 5) is 23.5. The van der Waals surface area contributed by atoms with Crippen molar-refractivity contribution in [2.24, 2.45) is 11.8 Å². The number of hydrogen-bond donors (Lipinski definition) is 2. The third kappa shape index (κ3) is 6.18. The van der Waals surface area contributed by atoms with Crippen molar-refractivity contribution in [3.05, 3.63) is 23.8 Å². The third-order valence-corrected chi connectivity index (χ3v) is 3.20. The van der Waals surface area contributed by atoms with E-state index in [4.69, 9.17) is 9.47 Å². The number of rotatable bonds is 7. The van der Waals surface area contributed by atoms with E-state index in [2.05, 4.69) is 24.7 Å². The number of hydrogen-bond acceptors (Lipinski definition) is 4. The summed E-state index contributed by atoms with van der Waals surface area (Å²) in [6, 6.07) is 4.91. The molecule has 2 N–H and O–H groups in total. The number of nitrogens with one attached hydrogen (secondary N) is 2. The fourth-order valence-corrected chi connectivity index (χ4v) is 1.67. The molecule has 6 heteroatoms. The molecular weight excluding hydrogens is 296 g/mol. The Bertz CT molecular complexity index is 541. The van der Waals surface area contributed by atoms with E-state index in [0.29, 0.717) is 29.6 Å². The average Bonchev–Trinajstić information content (AvgIpc) is 2.51. The smallest absolute Gasteiger partial charge is 0.269 e. The van der Waals surface area contributed by atoms with E-state index in [-0.39, 0.29) is 11.8 Å². The van der Waals surface area contributed by atoms with Crippen LogP contribution in [-0.2, 0) is 4.79 Å². The summed E-state index contributed by atoms with van der Waals surface area (Å²) < 4.78 is 10.9. The number of methoxy groups -OCH3 is 1. The number of amides is 2. The van der Waals surface area contributed by atoms with Gasteiger partial charge in [0.25, 0.3) is 5.91 Å². The molecule has 6 nitrogen and oxygen atoms in total. The zero-order chi connectivity index (χ0) is 17.4. The number of hydrazine groups is 1. The molecule has 0 aromatic heterocycles. The molecule has 0 atom stereocenters. The second-order valence-corrected chi connectivity index (χ2v) is 5.99. The summed E-state index contributed by atoms with van der Waals surface area (Å²) in [6.07, 6.45) is 0.937. The van der Waals surface area contributed by atoms with Gasteiger partial charge in [-0.3, -0.25) is 20.4 Å². The minimum atomic E-state index is -0.411. The summed E-state index contributed by atoms with van der Waals surface area (Å²) in [7, 11) is 1.52. The lowest BCUT2D eigenvalue weighted by Gasteiger charge is -2.13. The first-order valence-electron chi connectivity index (χ1n) is 7.76. The van der Waals surface area contributed by atoms with Gasteiger partial charge in [-0.25, -0.2) is 0 Å². The largest absolute Gasteiger partial charge is 0.493 e. The molecule has 0 aliphatic heterocycles. The molecule has 0 bridgehead atoms. The molecule has 0 heterocycles. The van der Waals surface area contributed by atoms with E-state index >= 15 is 0 Å². The zero-order valence-electron chi connectivity index (χ0n) is 14.4. The van der Waals surface area contributed by atoms with Gasteiger partial charge in [-0.1, -0.05) is 27.7 Å². The van der Waals surface area contributed by atoms with Gasteiger partial charge in [0.15, 0.2) is 11.5 Å². The molecule has 1 aromatic carbocycles. The minimum absolute atomic E-state index is 0.207. The predicted octanol–water partition coefficient (Wildman–Crippen LogP) is 2.54.